The van der Waals surface area contributed by atoms with Crippen LogP contribution in [0.2, 0.25) is 0 Å². The van der Waals surface area contributed by atoms with Crippen LogP contribution in [0.15, 0.2) is 12.3 Å². The summed E-state index contributed by atoms with van der Waals surface area (Å²) >= 11 is 0. The van der Waals surface area contributed by atoms with E-state index in [2.05, 4.69) is 10.6 Å². The van der Waals surface area contributed by atoms with Gasteiger partial charge in [-0.15, -0.1) is 0 Å². The fourth-order valence-electron chi connectivity index (χ4n) is 0.744. The van der Waals surface area contributed by atoms with Crippen LogP contribution in [0.5, 0.6) is 0 Å². The van der Waals surface area contributed by atoms with Crippen molar-refractivity contribution in [1.82, 2.24) is 10.6 Å². The summed E-state index contributed by atoms with van der Waals surface area (Å²) in [5.74, 6) is -0.0797. The Morgan fingerprint density at radius 1 is 1.23 bits per heavy atom. The largest absolute Gasteiger partial charge is 0.356 e. The van der Waals surface area contributed by atoms with E-state index >= 15 is 0 Å². The molecule has 0 saturated heterocycles. The Labute approximate surface area is 78.4 Å². The van der Waals surface area contributed by atoms with Crippen LogP contribution in [-0.2, 0) is 9.59 Å². The highest BCUT2D eigenvalue weighted by molar-refractivity contribution is 5.73. The van der Waals surface area contributed by atoms with Crippen LogP contribution >= 0.6 is 0 Å². The Morgan fingerprint density at radius 3 is 2.46 bits per heavy atom. The van der Waals surface area contributed by atoms with Gasteiger partial charge < -0.3 is 10.6 Å². The molecule has 13 heavy (non-hydrogen) atoms. The second kappa shape index (κ2) is 7.34. The van der Waals surface area contributed by atoms with E-state index < -0.39 is 0 Å². The maximum Gasteiger partial charge on any atom is 0.220 e. The molecule has 0 unspecified atom stereocenters. The molecule has 2 N–H and O–H groups in total. The van der Waals surface area contributed by atoms with Crippen LogP contribution < -0.4 is 10.6 Å². The minimum Gasteiger partial charge on any atom is -0.356 e. The minimum atomic E-state index is -0.0712. The third kappa shape index (κ3) is 10.7. The molecule has 0 bridgehead atoms. The molecular weight excluding hydrogens is 168 g/mol. The fraction of sp³-hybridized carbons (Fsp3) is 0.556. The van der Waals surface area contributed by atoms with Crippen molar-refractivity contribution in [3.8, 4) is 0 Å². The predicted octanol–water partition coefficient (Wildman–Crippen LogP) is 0.552. The second-order valence-electron chi connectivity index (χ2n) is 2.73. The molecule has 0 aromatic rings. The molecule has 0 aliphatic rings. The van der Waals surface area contributed by atoms with Crippen LogP contribution in [0.4, 0.5) is 0 Å². The van der Waals surface area contributed by atoms with Crippen LogP contribution in [0, 0.1) is 0 Å². The summed E-state index contributed by atoms with van der Waals surface area (Å²) < 4.78 is 0. The number of amides is 2. The van der Waals surface area contributed by atoms with Crippen molar-refractivity contribution in [3.05, 3.63) is 12.3 Å². The molecule has 0 saturated carbocycles. The molecule has 4 heteroatoms. The third-order valence-electron chi connectivity index (χ3n) is 1.33. The molecule has 4 nitrogen and oxygen atoms in total. The Kier molecular flexibility index (Phi) is 6.59. The molecule has 0 spiro atoms. The fourth-order valence-corrected chi connectivity index (χ4v) is 0.744. The van der Waals surface area contributed by atoms with Gasteiger partial charge in [0.15, 0.2) is 0 Å². The van der Waals surface area contributed by atoms with Crippen LogP contribution in [0.1, 0.15) is 26.7 Å². The zero-order valence-electron chi connectivity index (χ0n) is 8.09. The summed E-state index contributed by atoms with van der Waals surface area (Å²) in [6.07, 6.45) is 5.22. The van der Waals surface area contributed by atoms with E-state index in [1.54, 1.807) is 6.20 Å². The SMILES string of the molecule is CC(=O)NC=CCCCNC(C)=O. The number of carbonyl (C=O) groups excluding carboxylic acids is 2. The topological polar surface area (TPSA) is 58.2 Å². The Balaban J connectivity index is 3.20. The molecule has 2 amide bonds. The highest BCUT2D eigenvalue weighted by atomic mass is 16.1. The van der Waals surface area contributed by atoms with Gasteiger partial charge in [0, 0.05) is 20.4 Å². The Bertz CT molecular complexity index is 200. The first-order chi connectivity index (χ1) is 6.13. The van der Waals surface area contributed by atoms with Crippen molar-refractivity contribution in [2.24, 2.45) is 0 Å². The van der Waals surface area contributed by atoms with Gasteiger partial charge in [0.2, 0.25) is 11.8 Å². The first kappa shape index (κ1) is 11.7. The van der Waals surface area contributed by atoms with Crippen molar-refractivity contribution in [3.63, 3.8) is 0 Å². The summed E-state index contributed by atoms with van der Waals surface area (Å²) in [5, 5.41) is 5.22. The summed E-state index contributed by atoms with van der Waals surface area (Å²) in [6.45, 7) is 3.63. The maximum absolute atomic E-state index is 10.4. The highest BCUT2D eigenvalue weighted by Crippen LogP contribution is 1.87. The van der Waals surface area contributed by atoms with E-state index in [-0.39, 0.29) is 11.8 Å². The number of rotatable bonds is 5. The van der Waals surface area contributed by atoms with Crippen LogP contribution in [0.25, 0.3) is 0 Å². The Hall–Kier alpha value is -1.32. The molecule has 0 aromatic heterocycles. The molecule has 0 aliphatic heterocycles. The van der Waals surface area contributed by atoms with Gasteiger partial charge in [0.25, 0.3) is 0 Å². The average Bonchev–Trinajstić information content (AvgIpc) is 2.01. The molecule has 0 aliphatic carbocycles. The molecule has 74 valence electrons. The first-order valence-corrected chi connectivity index (χ1v) is 4.29. The van der Waals surface area contributed by atoms with Crippen molar-refractivity contribution >= 4 is 11.8 Å². The van der Waals surface area contributed by atoms with E-state index in [1.807, 2.05) is 6.08 Å². The normalized spacial score (nSPS) is 10.0. The summed E-state index contributed by atoms with van der Waals surface area (Å²) in [6, 6.07) is 0. The molecule has 0 atom stereocenters. The van der Waals surface area contributed by atoms with Crippen molar-refractivity contribution < 1.29 is 9.59 Å². The smallest absolute Gasteiger partial charge is 0.220 e. The predicted molar refractivity (Wildman–Crippen MR) is 50.9 cm³/mol. The van der Waals surface area contributed by atoms with Crippen molar-refractivity contribution in [1.29, 1.82) is 0 Å². The molecule has 0 rings (SSSR count). The first-order valence-electron chi connectivity index (χ1n) is 4.29. The van der Waals surface area contributed by atoms with E-state index in [9.17, 15) is 9.59 Å². The summed E-state index contributed by atoms with van der Waals surface area (Å²) in [4.78, 5) is 20.8. The monoisotopic (exact) mass is 184 g/mol. The van der Waals surface area contributed by atoms with E-state index in [4.69, 9.17) is 0 Å². The quantitative estimate of drug-likeness (QED) is 0.613. The summed E-state index contributed by atoms with van der Waals surface area (Å²) in [7, 11) is 0. The van der Waals surface area contributed by atoms with Gasteiger partial charge in [-0.25, -0.2) is 0 Å². The van der Waals surface area contributed by atoms with Gasteiger partial charge in [-0.05, 0) is 19.0 Å². The molecule has 0 radical (unpaired) electrons. The minimum absolute atomic E-state index is 0.00848. The summed E-state index contributed by atoms with van der Waals surface area (Å²) in [5.41, 5.74) is 0. The number of unbranched alkanes of at least 4 members (excludes halogenated alkanes) is 1. The van der Waals surface area contributed by atoms with Gasteiger partial charge in [-0.2, -0.15) is 0 Å². The van der Waals surface area contributed by atoms with E-state index in [0.29, 0.717) is 6.54 Å². The number of hydrogen-bond acceptors (Lipinski definition) is 2. The second-order valence-corrected chi connectivity index (χ2v) is 2.73. The molecule has 0 aromatic carbocycles. The zero-order chi connectivity index (χ0) is 10.1. The number of hydrogen-bond donors (Lipinski definition) is 2. The molecule has 0 heterocycles. The lowest BCUT2D eigenvalue weighted by Gasteiger charge is -1.98. The standard InChI is InChI=1S/C9H16N2O2/c1-8(12)10-6-4-3-5-7-11-9(2)13/h4,6H,3,5,7H2,1-2H3,(H,10,12)(H,11,13). The molecule has 0 fully saturated rings. The number of carbonyl (C=O) groups is 2. The zero-order valence-corrected chi connectivity index (χ0v) is 8.09. The van der Waals surface area contributed by atoms with E-state index in [1.165, 1.54) is 13.8 Å². The number of allylic oxidation sites excluding steroid dienone is 1. The van der Waals surface area contributed by atoms with Crippen LogP contribution in [-0.4, -0.2) is 18.4 Å². The van der Waals surface area contributed by atoms with Gasteiger partial charge in [-0.1, -0.05) is 6.08 Å². The average molecular weight is 184 g/mol. The van der Waals surface area contributed by atoms with Crippen molar-refractivity contribution in [2.75, 3.05) is 6.54 Å². The van der Waals surface area contributed by atoms with Gasteiger partial charge in [0.05, 0.1) is 0 Å². The highest BCUT2D eigenvalue weighted by Gasteiger charge is 1.88. The maximum atomic E-state index is 10.4. The van der Waals surface area contributed by atoms with Gasteiger partial charge >= 0.3 is 0 Å². The van der Waals surface area contributed by atoms with Crippen molar-refractivity contribution in [2.45, 2.75) is 26.7 Å². The lowest BCUT2D eigenvalue weighted by atomic mass is 10.3. The third-order valence-corrected chi connectivity index (χ3v) is 1.33. The molecular formula is C9H16N2O2. The lowest BCUT2D eigenvalue weighted by Crippen LogP contribution is -2.20. The van der Waals surface area contributed by atoms with Gasteiger partial charge in [-0.3, -0.25) is 9.59 Å². The lowest BCUT2D eigenvalue weighted by molar-refractivity contribution is -0.119. The van der Waals surface area contributed by atoms with E-state index in [0.717, 1.165) is 12.8 Å². The number of nitrogens with one attached hydrogen (secondary N) is 2. The Morgan fingerprint density at radius 2 is 1.92 bits per heavy atom. The van der Waals surface area contributed by atoms with Gasteiger partial charge in [0.1, 0.15) is 0 Å². The van der Waals surface area contributed by atoms with Crippen LogP contribution in [0.3, 0.4) is 0 Å².